The minimum absolute atomic E-state index is 0.00404. The predicted octanol–water partition coefficient (Wildman–Crippen LogP) is 5.61. The Labute approximate surface area is 179 Å². The summed E-state index contributed by atoms with van der Waals surface area (Å²) in [5, 5.41) is 0. The summed E-state index contributed by atoms with van der Waals surface area (Å²) in [4.78, 5) is 12.2. The summed E-state index contributed by atoms with van der Waals surface area (Å²) in [7, 11) is 1.60. The molecule has 4 nitrogen and oxygen atoms in total. The predicted molar refractivity (Wildman–Crippen MR) is 117 cm³/mol. The summed E-state index contributed by atoms with van der Waals surface area (Å²) in [6.07, 6.45) is 0. The van der Waals surface area contributed by atoms with Gasteiger partial charge in [-0.05, 0) is 47.5 Å². The number of benzene rings is 3. The van der Waals surface area contributed by atoms with Gasteiger partial charge in [0.05, 0.1) is 20.3 Å². The molecule has 29 heavy (non-hydrogen) atoms. The summed E-state index contributed by atoms with van der Waals surface area (Å²) in [6, 6.07) is 24.6. The summed E-state index contributed by atoms with van der Waals surface area (Å²) in [5.41, 5.74) is 2.64. The van der Waals surface area contributed by atoms with E-state index in [-0.39, 0.29) is 5.78 Å². The molecule has 1 atom stereocenters. The molecule has 150 valence electrons. The van der Waals surface area contributed by atoms with Gasteiger partial charge in [0.25, 0.3) is 0 Å². The van der Waals surface area contributed by atoms with E-state index >= 15 is 0 Å². The fraction of sp³-hybridized carbons (Fsp3) is 0.208. The van der Waals surface area contributed by atoms with Gasteiger partial charge in [0.1, 0.15) is 22.9 Å². The van der Waals surface area contributed by atoms with Crippen LogP contribution in [-0.2, 0) is 11.3 Å². The molecule has 0 bridgehead atoms. The molecule has 0 spiro atoms. The van der Waals surface area contributed by atoms with Crippen LogP contribution in [0.2, 0.25) is 0 Å². The molecule has 0 saturated carbocycles. The molecule has 3 aromatic rings. The molecule has 5 heteroatoms. The van der Waals surface area contributed by atoms with Crippen molar-refractivity contribution in [3.63, 3.8) is 0 Å². The topological polar surface area (TPSA) is 44.8 Å². The van der Waals surface area contributed by atoms with Gasteiger partial charge in [-0.1, -0.05) is 58.4 Å². The molecule has 0 aromatic heterocycles. The van der Waals surface area contributed by atoms with Gasteiger partial charge in [-0.3, -0.25) is 4.79 Å². The Balaban J connectivity index is 1.46. The number of rotatable bonds is 10. The number of ether oxygens (including phenoxy) is 3. The number of methoxy groups -OCH3 is 1. The van der Waals surface area contributed by atoms with Crippen LogP contribution in [0.5, 0.6) is 11.5 Å². The Morgan fingerprint density at radius 3 is 2.17 bits per heavy atom. The lowest BCUT2D eigenvalue weighted by atomic mass is 10.0. The van der Waals surface area contributed by atoms with E-state index in [1.54, 1.807) is 31.4 Å². The fourth-order valence-electron chi connectivity index (χ4n) is 2.77. The lowest BCUT2D eigenvalue weighted by Gasteiger charge is -2.12. The molecule has 0 aliphatic rings. The summed E-state index contributed by atoms with van der Waals surface area (Å²) in [5.74, 6) is 1.46. The Morgan fingerprint density at radius 2 is 1.52 bits per heavy atom. The SMILES string of the molecule is COc1ccc(C(=O)C(Br)c2ccc(OCCOCc3ccccc3)cc2)cc1. The average molecular weight is 455 g/mol. The zero-order chi connectivity index (χ0) is 20.5. The maximum atomic E-state index is 12.7. The quantitative estimate of drug-likeness (QED) is 0.227. The van der Waals surface area contributed by atoms with Crippen molar-refractivity contribution in [1.82, 2.24) is 0 Å². The van der Waals surface area contributed by atoms with Crippen molar-refractivity contribution < 1.29 is 19.0 Å². The normalized spacial score (nSPS) is 11.7. The van der Waals surface area contributed by atoms with E-state index in [9.17, 15) is 4.79 Å². The third-order valence-corrected chi connectivity index (χ3v) is 5.33. The third kappa shape index (κ3) is 6.17. The van der Waals surface area contributed by atoms with Crippen LogP contribution in [-0.4, -0.2) is 26.1 Å². The largest absolute Gasteiger partial charge is 0.497 e. The first-order valence-electron chi connectivity index (χ1n) is 9.34. The van der Waals surface area contributed by atoms with Gasteiger partial charge in [-0.15, -0.1) is 0 Å². The number of hydrogen-bond donors (Lipinski definition) is 0. The zero-order valence-electron chi connectivity index (χ0n) is 16.2. The van der Waals surface area contributed by atoms with Gasteiger partial charge in [-0.2, -0.15) is 0 Å². The molecule has 0 radical (unpaired) electrons. The standard InChI is InChI=1S/C24H23BrO4/c1-27-21-11-9-20(10-12-21)24(26)23(25)19-7-13-22(14-8-19)29-16-15-28-17-18-5-3-2-4-6-18/h2-14,23H,15-17H2,1H3. The van der Waals surface area contributed by atoms with Crippen LogP contribution < -0.4 is 9.47 Å². The van der Waals surface area contributed by atoms with E-state index in [0.717, 1.165) is 22.6 Å². The molecule has 0 aliphatic heterocycles. The van der Waals surface area contributed by atoms with Crippen LogP contribution in [0.1, 0.15) is 26.3 Å². The highest BCUT2D eigenvalue weighted by Gasteiger charge is 2.19. The number of alkyl halides is 1. The van der Waals surface area contributed by atoms with Crippen molar-refractivity contribution in [1.29, 1.82) is 0 Å². The van der Waals surface area contributed by atoms with Gasteiger partial charge in [-0.25, -0.2) is 0 Å². The number of halogens is 1. The number of ketones is 1. The van der Waals surface area contributed by atoms with Gasteiger partial charge in [0, 0.05) is 5.56 Å². The number of hydrogen-bond acceptors (Lipinski definition) is 4. The molecule has 1 unspecified atom stereocenters. The summed E-state index contributed by atoms with van der Waals surface area (Å²) < 4.78 is 16.5. The second kappa shape index (κ2) is 10.8. The van der Waals surface area contributed by atoms with E-state index in [2.05, 4.69) is 15.9 Å². The highest BCUT2D eigenvalue weighted by atomic mass is 79.9. The second-order valence-corrected chi connectivity index (χ2v) is 7.33. The number of carbonyl (C=O) groups excluding carboxylic acids is 1. The van der Waals surface area contributed by atoms with Gasteiger partial charge < -0.3 is 14.2 Å². The van der Waals surface area contributed by atoms with E-state index in [1.165, 1.54) is 0 Å². The molecular formula is C24H23BrO4. The van der Waals surface area contributed by atoms with Crippen LogP contribution in [0.15, 0.2) is 78.9 Å². The highest BCUT2D eigenvalue weighted by Crippen LogP contribution is 2.29. The first-order chi connectivity index (χ1) is 14.2. The highest BCUT2D eigenvalue weighted by molar-refractivity contribution is 9.09. The molecule has 0 amide bonds. The first-order valence-corrected chi connectivity index (χ1v) is 10.3. The fourth-order valence-corrected chi connectivity index (χ4v) is 3.34. The summed E-state index contributed by atoms with van der Waals surface area (Å²) in [6.45, 7) is 1.55. The van der Waals surface area contributed by atoms with E-state index < -0.39 is 4.83 Å². The van der Waals surface area contributed by atoms with Crippen molar-refractivity contribution in [2.24, 2.45) is 0 Å². The molecule has 3 rings (SSSR count). The van der Waals surface area contributed by atoms with Crippen LogP contribution in [0, 0.1) is 0 Å². The minimum atomic E-state index is -0.417. The summed E-state index contributed by atoms with van der Waals surface area (Å²) >= 11 is 3.50. The van der Waals surface area contributed by atoms with Crippen molar-refractivity contribution in [2.75, 3.05) is 20.3 Å². The smallest absolute Gasteiger partial charge is 0.180 e. The van der Waals surface area contributed by atoms with Crippen molar-refractivity contribution in [3.8, 4) is 11.5 Å². The lowest BCUT2D eigenvalue weighted by Crippen LogP contribution is -2.08. The minimum Gasteiger partial charge on any atom is -0.497 e. The molecule has 0 aliphatic carbocycles. The van der Waals surface area contributed by atoms with Gasteiger partial charge >= 0.3 is 0 Å². The second-order valence-electron chi connectivity index (χ2n) is 6.41. The monoisotopic (exact) mass is 454 g/mol. The first kappa shape index (κ1) is 21.1. The molecule has 3 aromatic carbocycles. The third-order valence-electron chi connectivity index (χ3n) is 4.39. The average Bonchev–Trinajstić information content (AvgIpc) is 2.79. The Bertz CT molecular complexity index is 892. The van der Waals surface area contributed by atoms with Crippen LogP contribution >= 0.6 is 15.9 Å². The van der Waals surface area contributed by atoms with Crippen molar-refractivity contribution >= 4 is 21.7 Å². The maximum absolute atomic E-state index is 12.7. The van der Waals surface area contributed by atoms with Gasteiger partial charge in [0.2, 0.25) is 0 Å². The van der Waals surface area contributed by atoms with Crippen molar-refractivity contribution in [2.45, 2.75) is 11.4 Å². The van der Waals surface area contributed by atoms with Crippen molar-refractivity contribution in [3.05, 3.63) is 95.6 Å². The Kier molecular flexibility index (Phi) is 7.85. The van der Waals surface area contributed by atoms with Crippen LogP contribution in [0.4, 0.5) is 0 Å². The Hall–Kier alpha value is -2.63. The molecule has 0 saturated heterocycles. The van der Waals surface area contributed by atoms with Gasteiger partial charge in [0.15, 0.2) is 5.78 Å². The van der Waals surface area contributed by atoms with E-state index in [4.69, 9.17) is 14.2 Å². The zero-order valence-corrected chi connectivity index (χ0v) is 17.8. The molecule has 0 fully saturated rings. The maximum Gasteiger partial charge on any atom is 0.180 e. The number of carbonyl (C=O) groups is 1. The van der Waals surface area contributed by atoms with E-state index in [1.807, 2.05) is 54.6 Å². The number of Topliss-reactive ketones (excluding diaryl/α,β-unsaturated/α-hetero) is 1. The van der Waals surface area contributed by atoms with Crippen LogP contribution in [0.25, 0.3) is 0 Å². The Morgan fingerprint density at radius 1 is 0.862 bits per heavy atom. The molecule has 0 N–H and O–H groups in total. The van der Waals surface area contributed by atoms with Crippen LogP contribution in [0.3, 0.4) is 0 Å². The molecular weight excluding hydrogens is 432 g/mol. The molecule has 0 heterocycles. The lowest BCUT2D eigenvalue weighted by molar-refractivity contribution is 0.0889. The van der Waals surface area contributed by atoms with E-state index in [0.29, 0.717) is 25.4 Å².